The van der Waals surface area contributed by atoms with Gasteiger partial charge >= 0.3 is 0 Å². The van der Waals surface area contributed by atoms with Crippen LogP contribution in [0.5, 0.6) is 0 Å². The molecule has 2 rings (SSSR count). The van der Waals surface area contributed by atoms with E-state index in [0.717, 1.165) is 5.92 Å². The lowest BCUT2D eigenvalue weighted by molar-refractivity contribution is 0.697. The molecule has 0 N–H and O–H groups in total. The molecule has 1 unspecified atom stereocenters. The normalized spacial score (nSPS) is 38.0. The Labute approximate surface area is 44.2 Å². The summed E-state index contributed by atoms with van der Waals surface area (Å²) in [6.45, 7) is 0. The maximum atomic E-state index is 2.32. The minimum absolute atomic E-state index is 0.931. The molecule has 0 spiro atoms. The SMILES string of the molecule is C1=CC2CCC[C]12. The van der Waals surface area contributed by atoms with Crippen molar-refractivity contribution in [3.63, 3.8) is 0 Å². The van der Waals surface area contributed by atoms with Crippen LogP contribution in [0.15, 0.2) is 12.2 Å². The van der Waals surface area contributed by atoms with Crippen molar-refractivity contribution in [3.05, 3.63) is 18.1 Å². The molecule has 0 aliphatic heterocycles. The molecule has 0 bridgehead atoms. The van der Waals surface area contributed by atoms with Crippen molar-refractivity contribution in [2.24, 2.45) is 5.92 Å². The molecule has 0 nitrogen and oxygen atoms in total. The monoisotopic (exact) mass is 93.1 g/mol. The van der Waals surface area contributed by atoms with Crippen molar-refractivity contribution in [2.45, 2.75) is 19.3 Å². The van der Waals surface area contributed by atoms with E-state index in [1.807, 2.05) is 0 Å². The van der Waals surface area contributed by atoms with Crippen LogP contribution in [0.2, 0.25) is 0 Å². The van der Waals surface area contributed by atoms with E-state index in [2.05, 4.69) is 12.2 Å². The second kappa shape index (κ2) is 1.12. The Bertz CT molecular complexity index is 90.6. The third-order valence-electron chi connectivity index (χ3n) is 2.00. The van der Waals surface area contributed by atoms with E-state index >= 15 is 0 Å². The Balaban J connectivity index is 2.17. The van der Waals surface area contributed by atoms with E-state index in [0.29, 0.717) is 0 Å². The predicted molar refractivity (Wildman–Crippen MR) is 29.7 cm³/mol. The largest absolute Gasteiger partial charge is 0.0839 e. The van der Waals surface area contributed by atoms with Crippen molar-refractivity contribution in [1.82, 2.24) is 0 Å². The number of rotatable bonds is 0. The van der Waals surface area contributed by atoms with Gasteiger partial charge in [0, 0.05) is 5.92 Å². The molecule has 0 heterocycles. The van der Waals surface area contributed by atoms with Gasteiger partial charge in [-0.05, 0) is 18.8 Å². The third kappa shape index (κ3) is 0.370. The Morgan fingerprint density at radius 1 is 1.57 bits per heavy atom. The summed E-state index contributed by atoms with van der Waals surface area (Å²) in [5.41, 5.74) is 0. The molecular formula is C7H9. The second-order valence-electron chi connectivity index (χ2n) is 2.43. The predicted octanol–water partition coefficient (Wildman–Crippen LogP) is 1.93. The van der Waals surface area contributed by atoms with Gasteiger partial charge in [-0.2, -0.15) is 0 Å². The van der Waals surface area contributed by atoms with Gasteiger partial charge < -0.3 is 0 Å². The van der Waals surface area contributed by atoms with Crippen LogP contribution < -0.4 is 0 Å². The molecule has 37 valence electrons. The first kappa shape index (κ1) is 3.71. The summed E-state index contributed by atoms with van der Waals surface area (Å²) in [7, 11) is 0. The molecule has 0 aromatic heterocycles. The quantitative estimate of drug-likeness (QED) is 0.429. The van der Waals surface area contributed by atoms with E-state index in [1.165, 1.54) is 19.3 Å². The standard InChI is InChI=1S/C7H9/c1-2-6-4-5-7(6)3-1/h4-6H,1-3H2. The summed E-state index contributed by atoms with van der Waals surface area (Å²) in [6, 6.07) is 0. The van der Waals surface area contributed by atoms with Gasteiger partial charge in [-0.3, -0.25) is 0 Å². The first-order valence-corrected chi connectivity index (χ1v) is 3.01. The molecule has 1 saturated carbocycles. The number of fused-ring (bicyclic) bond motifs is 1. The van der Waals surface area contributed by atoms with Gasteiger partial charge in [-0.25, -0.2) is 0 Å². The Kier molecular flexibility index (Phi) is 0.592. The van der Waals surface area contributed by atoms with Crippen LogP contribution in [-0.2, 0) is 0 Å². The van der Waals surface area contributed by atoms with Crippen LogP contribution >= 0.6 is 0 Å². The average molecular weight is 93.1 g/mol. The van der Waals surface area contributed by atoms with Gasteiger partial charge in [-0.15, -0.1) is 0 Å². The molecule has 0 amide bonds. The topological polar surface area (TPSA) is 0 Å². The van der Waals surface area contributed by atoms with E-state index in [4.69, 9.17) is 0 Å². The van der Waals surface area contributed by atoms with Crippen LogP contribution in [0.3, 0.4) is 0 Å². The first-order valence-electron chi connectivity index (χ1n) is 3.01. The molecule has 0 aromatic carbocycles. The fourth-order valence-electron chi connectivity index (χ4n) is 1.44. The summed E-state index contributed by atoms with van der Waals surface area (Å²) in [5.74, 6) is 2.64. The number of hydrogen-bond acceptors (Lipinski definition) is 0. The summed E-state index contributed by atoms with van der Waals surface area (Å²) < 4.78 is 0. The van der Waals surface area contributed by atoms with Crippen molar-refractivity contribution in [3.8, 4) is 0 Å². The van der Waals surface area contributed by atoms with Crippen LogP contribution in [0.1, 0.15) is 19.3 Å². The average Bonchev–Trinajstić information content (AvgIpc) is 1.85. The van der Waals surface area contributed by atoms with Crippen molar-refractivity contribution in [1.29, 1.82) is 0 Å². The van der Waals surface area contributed by atoms with E-state index in [9.17, 15) is 0 Å². The van der Waals surface area contributed by atoms with Gasteiger partial charge in [0.1, 0.15) is 0 Å². The van der Waals surface area contributed by atoms with Crippen molar-refractivity contribution >= 4 is 0 Å². The van der Waals surface area contributed by atoms with Gasteiger partial charge in [-0.1, -0.05) is 18.6 Å². The second-order valence-corrected chi connectivity index (χ2v) is 2.43. The zero-order chi connectivity index (χ0) is 4.69. The molecule has 0 aromatic rings. The number of allylic oxidation sites excluding steroid dienone is 2. The third-order valence-corrected chi connectivity index (χ3v) is 2.00. The maximum absolute atomic E-state index is 2.32. The van der Waals surface area contributed by atoms with Gasteiger partial charge in [0.2, 0.25) is 0 Å². The van der Waals surface area contributed by atoms with E-state index in [1.54, 1.807) is 5.92 Å². The molecule has 7 heavy (non-hydrogen) atoms. The summed E-state index contributed by atoms with van der Waals surface area (Å²) in [6.07, 6.45) is 8.86. The van der Waals surface area contributed by atoms with Crippen molar-refractivity contribution in [2.75, 3.05) is 0 Å². The Morgan fingerprint density at radius 2 is 2.57 bits per heavy atom. The molecule has 0 saturated heterocycles. The van der Waals surface area contributed by atoms with Gasteiger partial charge in [0.15, 0.2) is 0 Å². The highest BCUT2D eigenvalue weighted by molar-refractivity contribution is 5.31. The highest BCUT2D eigenvalue weighted by atomic mass is 14.3. The summed E-state index contributed by atoms with van der Waals surface area (Å²) in [4.78, 5) is 0. The Morgan fingerprint density at radius 3 is 2.86 bits per heavy atom. The minimum atomic E-state index is 0.931. The maximum Gasteiger partial charge on any atom is 0.00411 e. The van der Waals surface area contributed by atoms with Crippen LogP contribution in [0.25, 0.3) is 0 Å². The minimum Gasteiger partial charge on any atom is -0.0839 e. The summed E-state index contributed by atoms with van der Waals surface area (Å²) >= 11 is 0. The molecule has 0 heteroatoms. The molecule has 1 radical (unpaired) electrons. The fourth-order valence-corrected chi connectivity index (χ4v) is 1.44. The highest BCUT2D eigenvalue weighted by Gasteiger charge is 2.28. The zero-order valence-electron chi connectivity index (χ0n) is 4.35. The smallest absolute Gasteiger partial charge is 0.00411 e. The molecular weight excluding hydrogens is 84.1 g/mol. The molecule has 1 atom stereocenters. The van der Waals surface area contributed by atoms with E-state index < -0.39 is 0 Å². The van der Waals surface area contributed by atoms with Crippen LogP contribution in [0, 0.1) is 11.8 Å². The van der Waals surface area contributed by atoms with Gasteiger partial charge in [0.25, 0.3) is 0 Å². The lowest BCUT2D eigenvalue weighted by atomic mass is 9.86. The van der Waals surface area contributed by atoms with Crippen LogP contribution in [-0.4, -0.2) is 0 Å². The zero-order valence-corrected chi connectivity index (χ0v) is 4.35. The van der Waals surface area contributed by atoms with Crippen molar-refractivity contribution < 1.29 is 0 Å². The lowest BCUT2D eigenvalue weighted by Gasteiger charge is -2.19. The molecule has 2 aliphatic carbocycles. The number of hydrogen-bond donors (Lipinski definition) is 0. The molecule has 1 fully saturated rings. The van der Waals surface area contributed by atoms with Crippen LogP contribution in [0.4, 0.5) is 0 Å². The first-order chi connectivity index (χ1) is 3.47. The highest BCUT2D eigenvalue weighted by Crippen LogP contribution is 2.41. The van der Waals surface area contributed by atoms with E-state index in [-0.39, 0.29) is 0 Å². The van der Waals surface area contributed by atoms with Gasteiger partial charge in [0.05, 0.1) is 0 Å². The lowest BCUT2D eigenvalue weighted by Crippen LogP contribution is -2.07. The fraction of sp³-hybridized carbons (Fsp3) is 0.571. The Hall–Kier alpha value is -0.260. The summed E-state index contributed by atoms with van der Waals surface area (Å²) in [5, 5.41) is 0. The molecule has 2 aliphatic rings.